The van der Waals surface area contributed by atoms with Gasteiger partial charge in [-0.1, -0.05) is 43.3 Å². The molecule has 1 aliphatic rings. The van der Waals surface area contributed by atoms with Gasteiger partial charge in [0.05, 0.1) is 6.04 Å². The summed E-state index contributed by atoms with van der Waals surface area (Å²) in [7, 11) is 3.98. The van der Waals surface area contributed by atoms with E-state index in [2.05, 4.69) is 94.9 Å². The van der Waals surface area contributed by atoms with Crippen molar-refractivity contribution in [2.45, 2.75) is 45.8 Å². The molecule has 1 unspecified atom stereocenters. The summed E-state index contributed by atoms with van der Waals surface area (Å²) in [5.74, 6) is 0.824. The van der Waals surface area contributed by atoms with E-state index in [0.717, 1.165) is 25.6 Å². The van der Waals surface area contributed by atoms with Crippen LogP contribution >= 0.6 is 24.0 Å². The van der Waals surface area contributed by atoms with E-state index in [9.17, 15) is 0 Å². The SMILES string of the molecule is CCN(C)Cc1cccc(CNC(=NC)NC(C)c2cccc(N3CCCC3)c2)c1.I. The summed E-state index contributed by atoms with van der Waals surface area (Å²) < 4.78 is 0. The number of rotatable bonds is 8. The Balaban J connectivity index is 0.00000341. The molecule has 31 heavy (non-hydrogen) atoms. The molecular weight excluding hydrogens is 497 g/mol. The highest BCUT2D eigenvalue weighted by Gasteiger charge is 2.14. The van der Waals surface area contributed by atoms with Gasteiger partial charge in [-0.3, -0.25) is 4.99 Å². The smallest absolute Gasteiger partial charge is 0.191 e. The van der Waals surface area contributed by atoms with Crippen LogP contribution in [0.15, 0.2) is 53.5 Å². The molecule has 3 rings (SSSR count). The Morgan fingerprint density at radius 1 is 1.10 bits per heavy atom. The fraction of sp³-hybridized carbons (Fsp3) is 0.480. The molecule has 0 radical (unpaired) electrons. The second-order valence-corrected chi connectivity index (χ2v) is 8.23. The van der Waals surface area contributed by atoms with Gasteiger partial charge in [-0.25, -0.2) is 0 Å². The molecule has 6 heteroatoms. The third-order valence-electron chi connectivity index (χ3n) is 5.86. The highest BCUT2D eigenvalue weighted by Crippen LogP contribution is 2.24. The van der Waals surface area contributed by atoms with Gasteiger partial charge in [0.15, 0.2) is 5.96 Å². The van der Waals surface area contributed by atoms with Crippen LogP contribution in [0.4, 0.5) is 5.69 Å². The molecule has 2 N–H and O–H groups in total. The van der Waals surface area contributed by atoms with Gasteiger partial charge in [-0.2, -0.15) is 0 Å². The molecule has 0 amide bonds. The second-order valence-electron chi connectivity index (χ2n) is 8.23. The minimum Gasteiger partial charge on any atom is -0.372 e. The van der Waals surface area contributed by atoms with Crippen molar-refractivity contribution in [2.24, 2.45) is 4.99 Å². The van der Waals surface area contributed by atoms with Crippen molar-refractivity contribution in [3.05, 3.63) is 65.2 Å². The first-order valence-electron chi connectivity index (χ1n) is 11.2. The van der Waals surface area contributed by atoms with Crippen molar-refractivity contribution in [2.75, 3.05) is 38.6 Å². The number of hydrogen-bond donors (Lipinski definition) is 2. The molecule has 170 valence electrons. The zero-order chi connectivity index (χ0) is 21.3. The van der Waals surface area contributed by atoms with Gasteiger partial charge in [0.1, 0.15) is 0 Å². The van der Waals surface area contributed by atoms with Crippen LogP contribution in [0.25, 0.3) is 0 Å². The Kier molecular flexibility index (Phi) is 10.6. The van der Waals surface area contributed by atoms with Gasteiger partial charge in [-0.15, -0.1) is 24.0 Å². The van der Waals surface area contributed by atoms with Crippen molar-refractivity contribution < 1.29 is 0 Å². The summed E-state index contributed by atoms with van der Waals surface area (Å²) >= 11 is 0. The molecule has 5 nitrogen and oxygen atoms in total. The molecule has 0 aliphatic carbocycles. The number of aliphatic imine (C=N–C) groups is 1. The van der Waals surface area contributed by atoms with Crippen LogP contribution < -0.4 is 15.5 Å². The van der Waals surface area contributed by atoms with E-state index in [1.54, 1.807) is 0 Å². The Labute approximate surface area is 205 Å². The average molecular weight is 536 g/mol. The number of benzene rings is 2. The maximum absolute atomic E-state index is 4.43. The van der Waals surface area contributed by atoms with Gasteiger partial charge in [-0.05, 0) is 62.2 Å². The fourth-order valence-corrected chi connectivity index (χ4v) is 3.90. The first-order chi connectivity index (χ1) is 14.6. The van der Waals surface area contributed by atoms with E-state index >= 15 is 0 Å². The van der Waals surface area contributed by atoms with E-state index in [1.807, 2.05) is 7.05 Å². The van der Waals surface area contributed by atoms with Crippen LogP contribution in [0.1, 0.15) is 49.4 Å². The van der Waals surface area contributed by atoms with E-state index in [1.165, 1.54) is 48.3 Å². The Morgan fingerprint density at radius 3 is 2.52 bits per heavy atom. The molecule has 0 bridgehead atoms. The zero-order valence-electron chi connectivity index (χ0n) is 19.4. The number of guanidine groups is 1. The summed E-state index contributed by atoms with van der Waals surface area (Å²) in [5, 5.41) is 7.00. The Hall–Kier alpha value is -1.80. The third kappa shape index (κ3) is 7.68. The van der Waals surface area contributed by atoms with Crippen LogP contribution in [-0.2, 0) is 13.1 Å². The van der Waals surface area contributed by atoms with E-state index in [4.69, 9.17) is 0 Å². The molecule has 1 heterocycles. The lowest BCUT2D eigenvalue weighted by Gasteiger charge is -2.22. The van der Waals surface area contributed by atoms with Crippen LogP contribution in [0.5, 0.6) is 0 Å². The largest absolute Gasteiger partial charge is 0.372 e. The van der Waals surface area contributed by atoms with Crippen LogP contribution in [0.3, 0.4) is 0 Å². The number of hydrogen-bond acceptors (Lipinski definition) is 3. The van der Waals surface area contributed by atoms with Gasteiger partial charge >= 0.3 is 0 Å². The standard InChI is InChI=1S/C25H37N5.HI/c1-5-29(4)19-22-11-8-10-21(16-22)18-27-25(26-3)28-20(2)23-12-9-13-24(17-23)30-14-6-7-15-30;/h8-13,16-17,20H,5-7,14-15,18-19H2,1-4H3,(H2,26,27,28);1H. The highest BCUT2D eigenvalue weighted by molar-refractivity contribution is 14.0. The van der Waals surface area contributed by atoms with Crippen LogP contribution in [-0.4, -0.2) is 44.6 Å². The first-order valence-corrected chi connectivity index (χ1v) is 11.2. The average Bonchev–Trinajstić information content (AvgIpc) is 3.32. The topological polar surface area (TPSA) is 42.9 Å². The van der Waals surface area contributed by atoms with Crippen LogP contribution in [0, 0.1) is 0 Å². The van der Waals surface area contributed by atoms with Gasteiger partial charge < -0.3 is 20.4 Å². The van der Waals surface area contributed by atoms with Gasteiger partial charge in [0.25, 0.3) is 0 Å². The van der Waals surface area contributed by atoms with E-state index in [-0.39, 0.29) is 30.0 Å². The normalized spacial score (nSPS) is 15.0. The minimum atomic E-state index is 0. The van der Waals surface area contributed by atoms with Crippen molar-refractivity contribution >= 4 is 35.6 Å². The molecule has 1 atom stereocenters. The predicted octanol–water partition coefficient (Wildman–Crippen LogP) is 4.78. The molecule has 1 fully saturated rings. The van der Waals surface area contributed by atoms with E-state index in [0.29, 0.717) is 0 Å². The highest BCUT2D eigenvalue weighted by atomic mass is 127. The molecule has 2 aromatic rings. The lowest BCUT2D eigenvalue weighted by molar-refractivity contribution is 0.345. The summed E-state index contributed by atoms with van der Waals surface area (Å²) in [4.78, 5) is 9.22. The summed E-state index contributed by atoms with van der Waals surface area (Å²) in [6.07, 6.45) is 2.59. The molecule has 0 saturated carbocycles. The van der Waals surface area contributed by atoms with Crippen molar-refractivity contribution in [3.63, 3.8) is 0 Å². The molecular formula is C25H38IN5. The lowest BCUT2D eigenvalue weighted by atomic mass is 10.1. The van der Waals surface area contributed by atoms with Gasteiger partial charge in [0.2, 0.25) is 0 Å². The summed E-state index contributed by atoms with van der Waals surface area (Å²) in [5.41, 5.74) is 5.22. The summed E-state index contributed by atoms with van der Waals surface area (Å²) in [6.45, 7) is 9.49. The number of nitrogens with zero attached hydrogens (tertiary/aromatic N) is 3. The monoisotopic (exact) mass is 535 g/mol. The van der Waals surface area contributed by atoms with Crippen molar-refractivity contribution in [1.29, 1.82) is 0 Å². The minimum absolute atomic E-state index is 0. The van der Waals surface area contributed by atoms with Crippen molar-refractivity contribution in [3.8, 4) is 0 Å². The van der Waals surface area contributed by atoms with Crippen LogP contribution in [0.2, 0.25) is 0 Å². The number of anilines is 1. The quantitative estimate of drug-likeness (QED) is 0.290. The van der Waals surface area contributed by atoms with Gasteiger partial charge in [0, 0.05) is 38.9 Å². The van der Waals surface area contributed by atoms with E-state index < -0.39 is 0 Å². The lowest BCUT2D eigenvalue weighted by Crippen LogP contribution is -2.38. The maximum Gasteiger partial charge on any atom is 0.191 e. The Bertz CT molecular complexity index is 832. The number of nitrogens with one attached hydrogen (secondary N) is 2. The molecule has 2 aromatic carbocycles. The maximum atomic E-state index is 4.43. The predicted molar refractivity (Wildman–Crippen MR) is 144 cm³/mol. The molecule has 1 saturated heterocycles. The fourth-order valence-electron chi connectivity index (χ4n) is 3.90. The third-order valence-corrected chi connectivity index (χ3v) is 5.86. The molecule has 0 aromatic heterocycles. The number of halogens is 1. The van der Waals surface area contributed by atoms with Crippen molar-refractivity contribution in [1.82, 2.24) is 15.5 Å². The molecule has 0 spiro atoms. The zero-order valence-corrected chi connectivity index (χ0v) is 21.7. The Morgan fingerprint density at radius 2 is 1.81 bits per heavy atom. The second kappa shape index (κ2) is 12.9. The molecule has 1 aliphatic heterocycles. The first kappa shape index (κ1) is 25.5. The summed E-state index contributed by atoms with van der Waals surface area (Å²) in [6, 6.07) is 17.8.